The van der Waals surface area contributed by atoms with Gasteiger partial charge in [-0.2, -0.15) is 0 Å². The maximum atomic E-state index is 10.3. The third kappa shape index (κ3) is 3.19. The number of rotatable bonds is 5. The molecule has 2 aromatic rings. The minimum Gasteiger partial charge on any atom is -0.428 e. The normalized spacial score (nSPS) is 26.5. The zero-order valence-corrected chi connectivity index (χ0v) is 16.0. The van der Waals surface area contributed by atoms with Crippen molar-refractivity contribution in [3.05, 3.63) is 36.2 Å². The van der Waals surface area contributed by atoms with Gasteiger partial charge in [0, 0.05) is 6.42 Å². The number of nitrogens with zero attached hydrogens (tertiary/aromatic N) is 4. The first-order chi connectivity index (χ1) is 13.9. The van der Waals surface area contributed by atoms with Crippen molar-refractivity contribution in [2.45, 2.75) is 38.2 Å². The molecular formula is C19H21N5O5. The maximum Gasteiger partial charge on any atom is 0.282 e. The fourth-order valence-corrected chi connectivity index (χ4v) is 3.38. The van der Waals surface area contributed by atoms with Crippen molar-refractivity contribution >= 4 is 17.0 Å². The molecule has 10 nitrogen and oxygen atoms in total. The van der Waals surface area contributed by atoms with Gasteiger partial charge in [-0.1, -0.05) is 5.92 Å². The van der Waals surface area contributed by atoms with Crippen LogP contribution in [0.2, 0.25) is 0 Å². The van der Waals surface area contributed by atoms with Gasteiger partial charge in [0.15, 0.2) is 28.3 Å². The van der Waals surface area contributed by atoms with Gasteiger partial charge in [0.05, 0.1) is 19.5 Å². The standard InChI is InChI=1S/C19H21N5O5/c1-5-19(8-25)14(26)6-15(29-19)24-9-21-16-17(22-11(3)23-18(16)24)20-7-13-10(2)27-12(4)28-13/h1,9,14-15,25-26H,4,6-8H2,2-3H3,(H,20,22,23)/t14-,15+,19+/m0/s1. The molecule has 2 aliphatic rings. The molecule has 3 N–H and O–H groups in total. The number of aromatic nitrogens is 4. The van der Waals surface area contributed by atoms with Crippen molar-refractivity contribution in [1.29, 1.82) is 0 Å². The third-order valence-corrected chi connectivity index (χ3v) is 4.95. The van der Waals surface area contributed by atoms with Gasteiger partial charge in [-0.05, 0) is 20.4 Å². The Morgan fingerprint density at radius 1 is 1.41 bits per heavy atom. The second-order valence-electron chi connectivity index (χ2n) is 6.87. The van der Waals surface area contributed by atoms with E-state index >= 15 is 0 Å². The molecule has 0 aromatic carbocycles. The number of aryl methyl sites for hydroxylation is 1. The zero-order valence-electron chi connectivity index (χ0n) is 16.0. The Morgan fingerprint density at radius 2 is 2.21 bits per heavy atom. The minimum absolute atomic E-state index is 0.196. The molecule has 10 heteroatoms. The van der Waals surface area contributed by atoms with Crippen molar-refractivity contribution in [2.75, 3.05) is 18.5 Å². The molecule has 1 saturated heterocycles. The summed E-state index contributed by atoms with van der Waals surface area (Å²) >= 11 is 0. The minimum atomic E-state index is -1.45. The van der Waals surface area contributed by atoms with E-state index in [1.165, 1.54) is 0 Å². The number of anilines is 1. The number of ether oxygens (including phenoxy) is 3. The molecule has 152 valence electrons. The number of allylic oxidation sites excluding steroid dienone is 1. The molecular weight excluding hydrogens is 378 g/mol. The summed E-state index contributed by atoms with van der Waals surface area (Å²) in [6.45, 7) is 7.01. The number of terminal acetylenes is 1. The number of nitrogens with one attached hydrogen (secondary N) is 1. The average Bonchev–Trinajstić information content (AvgIpc) is 3.34. The molecule has 0 spiro atoms. The lowest BCUT2D eigenvalue weighted by atomic mass is 9.99. The van der Waals surface area contributed by atoms with Crippen molar-refractivity contribution in [2.24, 2.45) is 0 Å². The highest BCUT2D eigenvalue weighted by molar-refractivity contribution is 5.83. The summed E-state index contributed by atoms with van der Waals surface area (Å²) in [7, 11) is 0. The quantitative estimate of drug-likeness (QED) is 0.630. The van der Waals surface area contributed by atoms with Crippen LogP contribution >= 0.6 is 0 Å². The van der Waals surface area contributed by atoms with Crippen molar-refractivity contribution < 1.29 is 24.4 Å². The number of fused-ring (bicyclic) bond motifs is 1. The molecule has 29 heavy (non-hydrogen) atoms. The van der Waals surface area contributed by atoms with Crippen LogP contribution < -0.4 is 5.32 Å². The summed E-state index contributed by atoms with van der Waals surface area (Å²) in [5.74, 6) is 4.84. The summed E-state index contributed by atoms with van der Waals surface area (Å²) in [4.78, 5) is 13.3. The van der Waals surface area contributed by atoms with Crippen molar-refractivity contribution in [1.82, 2.24) is 19.5 Å². The average molecular weight is 399 g/mol. The zero-order chi connectivity index (χ0) is 20.8. The molecule has 4 heterocycles. The molecule has 0 bridgehead atoms. The smallest absolute Gasteiger partial charge is 0.282 e. The van der Waals surface area contributed by atoms with Gasteiger partial charge in [0.1, 0.15) is 23.9 Å². The van der Waals surface area contributed by atoms with Crippen LogP contribution in [0.25, 0.3) is 11.2 Å². The predicted molar refractivity (Wildman–Crippen MR) is 102 cm³/mol. The largest absolute Gasteiger partial charge is 0.428 e. The molecule has 0 amide bonds. The second kappa shape index (κ2) is 7.04. The topological polar surface area (TPSA) is 124 Å². The van der Waals surface area contributed by atoms with E-state index in [0.29, 0.717) is 40.9 Å². The Labute approximate surface area is 166 Å². The molecule has 0 saturated carbocycles. The van der Waals surface area contributed by atoms with Crippen LogP contribution in [0.3, 0.4) is 0 Å². The summed E-state index contributed by atoms with van der Waals surface area (Å²) in [6, 6.07) is 0. The summed E-state index contributed by atoms with van der Waals surface area (Å²) in [5, 5.41) is 23.1. The lowest BCUT2D eigenvalue weighted by molar-refractivity contribution is -0.0891. The number of hydrogen-bond donors (Lipinski definition) is 3. The van der Waals surface area contributed by atoms with E-state index < -0.39 is 24.5 Å². The van der Waals surface area contributed by atoms with Crippen LogP contribution in [0, 0.1) is 19.3 Å². The molecule has 1 fully saturated rings. The van der Waals surface area contributed by atoms with Crippen LogP contribution in [0.5, 0.6) is 0 Å². The fraction of sp³-hybridized carbons (Fsp3) is 0.421. The van der Waals surface area contributed by atoms with Gasteiger partial charge in [0.2, 0.25) is 0 Å². The SMILES string of the molecule is C#C[C@]1(CO)O[C@@H](n2cnc3c(NCC4=C(C)OC(=C)O4)nc(C)nc32)C[C@@H]1O. The number of aliphatic hydroxyl groups excluding tert-OH is 2. The molecule has 0 aliphatic carbocycles. The Bertz CT molecular complexity index is 1060. The van der Waals surface area contributed by atoms with E-state index in [1.807, 2.05) is 0 Å². The van der Waals surface area contributed by atoms with Crippen LogP contribution in [0.1, 0.15) is 25.4 Å². The first kappa shape index (κ1) is 19.2. The van der Waals surface area contributed by atoms with Gasteiger partial charge < -0.3 is 29.7 Å². The molecule has 2 aliphatic heterocycles. The maximum absolute atomic E-state index is 10.3. The second-order valence-corrected chi connectivity index (χ2v) is 6.87. The van der Waals surface area contributed by atoms with Gasteiger partial charge in [-0.15, -0.1) is 6.42 Å². The van der Waals surface area contributed by atoms with Gasteiger partial charge in [-0.25, -0.2) is 15.0 Å². The Kier molecular flexibility index (Phi) is 4.66. The monoisotopic (exact) mass is 399 g/mol. The predicted octanol–water partition coefficient (Wildman–Crippen LogP) is 0.940. The molecule has 2 aromatic heterocycles. The van der Waals surface area contributed by atoms with Crippen LogP contribution in [-0.4, -0.2) is 54.6 Å². The lowest BCUT2D eigenvalue weighted by Gasteiger charge is -2.23. The number of imidazole rings is 1. The van der Waals surface area contributed by atoms with Gasteiger partial charge in [-0.3, -0.25) is 4.57 Å². The van der Waals surface area contributed by atoms with Crippen molar-refractivity contribution in [3.8, 4) is 12.3 Å². The van der Waals surface area contributed by atoms with E-state index in [2.05, 4.69) is 32.8 Å². The van der Waals surface area contributed by atoms with E-state index in [9.17, 15) is 10.2 Å². The highest BCUT2D eigenvalue weighted by Gasteiger charge is 2.47. The van der Waals surface area contributed by atoms with Crippen LogP contribution in [-0.2, 0) is 14.2 Å². The first-order valence-electron chi connectivity index (χ1n) is 9.01. The number of aliphatic hydroxyl groups is 2. The van der Waals surface area contributed by atoms with Crippen molar-refractivity contribution in [3.63, 3.8) is 0 Å². The third-order valence-electron chi connectivity index (χ3n) is 4.95. The van der Waals surface area contributed by atoms with E-state index in [-0.39, 0.29) is 12.4 Å². The van der Waals surface area contributed by atoms with E-state index in [0.717, 1.165) is 0 Å². The Morgan fingerprint density at radius 3 is 2.83 bits per heavy atom. The van der Waals surface area contributed by atoms with Crippen LogP contribution in [0.4, 0.5) is 5.82 Å². The Balaban J connectivity index is 1.63. The van der Waals surface area contributed by atoms with E-state index in [4.69, 9.17) is 20.6 Å². The highest BCUT2D eigenvalue weighted by Crippen LogP contribution is 2.38. The molecule has 4 rings (SSSR count). The Hall–Kier alpha value is -3.13. The van der Waals surface area contributed by atoms with Gasteiger partial charge in [0.25, 0.3) is 5.95 Å². The summed E-state index contributed by atoms with van der Waals surface area (Å²) in [5.41, 5.74) is -0.412. The molecule has 0 unspecified atom stereocenters. The first-order valence-corrected chi connectivity index (χ1v) is 9.01. The van der Waals surface area contributed by atoms with Crippen LogP contribution in [0.15, 0.2) is 30.4 Å². The fourth-order valence-electron chi connectivity index (χ4n) is 3.38. The summed E-state index contributed by atoms with van der Waals surface area (Å²) < 4.78 is 18.2. The van der Waals surface area contributed by atoms with E-state index in [1.54, 1.807) is 24.7 Å². The number of hydrogen-bond acceptors (Lipinski definition) is 9. The summed E-state index contributed by atoms with van der Waals surface area (Å²) in [6.07, 6.45) is 5.59. The van der Waals surface area contributed by atoms with Gasteiger partial charge >= 0.3 is 0 Å². The molecule has 3 atom stereocenters. The lowest BCUT2D eigenvalue weighted by Crippen LogP contribution is -2.41. The molecule has 0 radical (unpaired) electrons. The highest BCUT2D eigenvalue weighted by atomic mass is 16.7.